The molecule has 0 heterocycles. The normalized spacial score (nSPS) is 11.3. The van der Waals surface area contributed by atoms with Crippen LogP contribution in [0.15, 0.2) is 200 Å². The van der Waals surface area contributed by atoms with Crippen molar-refractivity contribution >= 4 is 0 Å². The molecular weight excluding hydrogens is 1070 g/mol. The van der Waals surface area contributed by atoms with E-state index in [4.69, 9.17) is 15.9 Å². The van der Waals surface area contributed by atoms with Gasteiger partial charge < -0.3 is 19.7 Å². The Labute approximate surface area is 458 Å². The molecule has 0 saturated heterocycles. The minimum absolute atomic E-state index is 0. The average molecular weight is 1130 g/mol. The van der Waals surface area contributed by atoms with Gasteiger partial charge in [0, 0.05) is 74.9 Å². The van der Waals surface area contributed by atoms with Crippen LogP contribution in [-0.2, 0) is 25.8 Å². The van der Waals surface area contributed by atoms with E-state index in [1.165, 1.54) is 44.5 Å². The number of hydrogen-bond acceptors (Lipinski definition) is 2. The molecule has 0 aromatic heterocycles. The summed E-state index contributed by atoms with van der Waals surface area (Å²) >= 11 is 0. The number of rotatable bonds is 10. The Kier molecular flexibility index (Phi) is 17.0. The standard InChI is InChI=1S/C55H44O4.C7H7.C7H3.Hf.2H2/c1-34-30-46(54(56)48(32-34)52-42-22-7-3-16-36(42)37-17-4-8-23-43(37)52)40-20-11-13-26-50(40)58-28-15-29-59-51-27-14-12-21-41(51)47-31-35(2)33-49(55(47)57)53-44-24-9-5-18-38(44)39-19-6-10-25-45(39)53;1-7-5-3-2-4-6-7;1-3-5-7-6-4-2;;;/h3-14,16-27,30-33,52-53,56-57H,15,28-29H2,1-2H3;2-6H,1H2;1H,2H2;;2*1H/q;2*-1;;;/p+2. The molecule has 0 radical (unpaired) electrons. The summed E-state index contributed by atoms with van der Waals surface area (Å²) in [5, 5.41) is 24.2. The maximum atomic E-state index is 12.1. The number of phenols is 2. The van der Waals surface area contributed by atoms with Crippen LogP contribution in [0.2, 0.25) is 0 Å². The van der Waals surface area contributed by atoms with Crippen LogP contribution in [0.4, 0.5) is 0 Å². The maximum Gasteiger partial charge on any atom is 0.262 e. The van der Waals surface area contributed by atoms with Gasteiger partial charge in [0.05, 0.1) is 11.1 Å². The fourth-order valence-electron chi connectivity index (χ4n) is 10.2. The van der Waals surface area contributed by atoms with Crippen LogP contribution < -0.4 is 0 Å². The second-order valence-electron chi connectivity index (χ2n) is 18.0. The molecule has 4 N–H and O–H groups in total. The molecule has 0 saturated carbocycles. The zero-order chi connectivity index (χ0) is 50.7. The molecule has 2 aliphatic rings. The predicted molar refractivity (Wildman–Crippen MR) is 305 cm³/mol. The zero-order valence-electron chi connectivity index (χ0n) is 41.6. The van der Waals surface area contributed by atoms with E-state index in [1.807, 2.05) is 66.7 Å². The first-order valence-electron chi connectivity index (χ1n) is 24.4. The predicted octanol–water partition coefficient (Wildman–Crippen LogP) is 15.8. The Morgan fingerprint density at radius 2 is 0.797 bits per heavy atom. The first-order valence-corrected chi connectivity index (χ1v) is 24.4. The van der Waals surface area contributed by atoms with Crippen LogP contribution in [0.3, 0.4) is 0 Å². The van der Waals surface area contributed by atoms with Crippen molar-refractivity contribution in [2.24, 2.45) is 0 Å². The molecule has 2 aliphatic carbocycles. The number of ether oxygens (including phenoxy) is 2. The van der Waals surface area contributed by atoms with Crippen molar-refractivity contribution in [3.8, 4) is 104 Å². The number of aryl methyl sites for hydroxylation is 2. The molecule has 74 heavy (non-hydrogen) atoms. The van der Waals surface area contributed by atoms with Gasteiger partial charge in [0.2, 0.25) is 0 Å². The van der Waals surface area contributed by atoms with Gasteiger partial charge >= 0.3 is 0 Å². The van der Waals surface area contributed by atoms with E-state index >= 15 is 0 Å². The SMILES string of the molecule is C#CC#CC#C[CH2-].Cc1cc(-c2ccccc2[OH+]CCC[OH+]c2ccccc2-c2cc(C)cc(C3c4ccccc4-c4ccccc43)c2O)c(O)c(C2c3ccccc3-c3ccccc32)c1.[CH2-]c1ccccc1.[HH].[HH].[Hf]. The molecule has 9 aromatic rings. The second kappa shape index (κ2) is 24.3. The van der Waals surface area contributed by atoms with E-state index in [-0.39, 0.29) is 40.5 Å². The van der Waals surface area contributed by atoms with E-state index in [0.29, 0.717) is 24.7 Å². The van der Waals surface area contributed by atoms with Gasteiger partial charge in [-0.15, -0.1) is 24.5 Å². The Morgan fingerprint density at radius 3 is 1.15 bits per heavy atom. The molecule has 9 aromatic carbocycles. The van der Waals surface area contributed by atoms with E-state index in [9.17, 15) is 10.2 Å². The number of phenolic OH excluding ortho intramolecular Hbond substituents is 2. The van der Waals surface area contributed by atoms with Gasteiger partial charge in [-0.2, -0.15) is 31.5 Å². The summed E-state index contributed by atoms with van der Waals surface area (Å²) < 4.78 is 10.1. The number of terminal acetylenes is 1. The van der Waals surface area contributed by atoms with Crippen LogP contribution >= 0.6 is 0 Å². The minimum atomic E-state index is -0.0564. The van der Waals surface area contributed by atoms with Crippen LogP contribution in [0.5, 0.6) is 23.0 Å². The molecular formula is C69H60HfO4. The molecule has 0 spiro atoms. The first-order chi connectivity index (χ1) is 35.8. The van der Waals surface area contributed by atoms with Gasteiger partial charge in [0.25, 0.3) is 11.5 Å². The van der Waals surface area contributed by atoms with Crippen molar-refractivity contribution in [1.29, 1.82) is 0 Å². The van der Waals surface area contributed by atoms with Crippen molar-refractivity contribution in [2.45, 2.75) is 32.1 Å². The fourth-order valence-corrected chi connectivity index (χ4v) is 10.2. The summed E-state index contributed by atoms with van der Waals surface area (Å²) in [7, 11) is 0. The molecule has 0 aliphatic heterocycles. The zero-order valence-corrected chi connectivity index (χ0v) is 45.2. The van der Waals surface area contributed by atoms with Crippen molar-refractivity contribution in [3.05, 3.63) is 264 Å². The Morgan fingerprint density at radius 1 is 0.446 bits per heavy atom. The minimum Gasteiger partial charge on any atom is -0.582 e. The maximum absolute atomic E-state index is 12.1. The van der Waals surface area contributed by atoms with Crippen molar-refractivity contribution in [2.75, 3.05) is 13.2 Å². The van der Waals surface area contributed by atoms with Gasteiger partial charge in [0.1, 0.15) is 17.9 Å². The number of aromatic hydroxyl groups is 4. The third-order valence-electron chi connectivity index (χ3n) is 13.3. The van der Waals surface area contributed by atoms with Gasteiger partial charge in [-0.1, -0.05) is 140 Å². The summed E-state index contributed by atoms with van der Waals surface area (Å²) in [6.07, 6.45) is 5.50. The third kappa shape index (κ3) is 11.1. The molecule has 4 nitrogen and oxygen atoms in total. The molecule has 11 rings (SSSR count). The average Bonchev–Trinajstić information content (AvgIpc) is 3.94. The van der Waals surface area contributed by atoms with E-state index < -0.39 is 0 Å². The topological polar surface area (TPSA) is 66.1 Å². The van der Waals surface area contributed by atoms with Gasteiger partial charge in [-0.25, -0.2) is 5.92 Å². The van der Waals surface area contributed by atoms with E-state index in [2.05, 4.69) is 191 Å². The summed E-state index contributed by atoms with van der Waals surface area (Å²) in [4.78, 5) is 0. The van der Waals surface area contributed by atoms with Crippen molar-refractivity contribution in [1.82, 2.24) is 0 Å². The van der Waals surface area contributed by atoms with Gasteiger partial charge in [-0.3, -0.25) is 5.92 Å². The Bertz CT molecular complexity index is 3340. The van der Waals surface area contributed by atoms with Gasteiger partial charge in [0.15, 0.2) is 13.2 Å². The number of hydrogen-bond donors (Lipinski definition) is 2. The quantitative estimate of drug-likeness (QED) is 0.0471. The Balaban J connectivity index is 0.000000485. The van der Waals surface area contributed by atoms with Crippen LogP contribution in [0, 0.1) is 63.7 Å². The fraction of sp³-hybridized carbons (Fsp3) is 0.101. The van der Waals surface area contributed by atoms with Gasteiger partial charge in [-0.05, 0) is 106 Å². The molecule has 0 unspecified atom stereocenters. The Hall–Kier alpha value is -8.53. The molecule has 0 atom stereocenters. The monoisotopic (exact) mass is 1130 g/mol. The summed E-state index contributed by atoms with van der Waals surface area (Å²) in [6, 6.07) is 68.6. The molecule has 364 valence electrons. The summed E-state index contributed by atoms with van der Waals surface area (Å²) in [5.74, 6) is 13.7. The number of fused-ring (bicyclic) bond motifs is 6. The molecule has 0 bridgehead atoms. The van der Waals surface area contributed by atoms with Crippen LogP contribution in [0.25, 0.3) is 44.5 Å². The van der Waals surface area contributed by atoms with Crippen LogP contribution in [0.1, 0.15) is 71.2 Å². The third-order valence-corrected chi connectivity index (χ3v) is 13.3. The van der Waals surface area contributed by atoms with Crippen LogP contribution in [-0.4, -0.2) is 32.9 Å². The largest absolute Gasteiger partial charge is 0.582 e. The number of aliphatic hydroxyl groups is 2. The van der Waals surface area contributed by atoms with Crippen molar-refractivity contribution in [3.63, 3.8) is 0 Å². The molecule has 5 heteroatoms. The number of benzene rings is 9. The first kappa shape index (κ1) is 51.8. The molecule has 0 amide bonds. The summed E-state index contributed by atoms with van der Waals surface area (Å²) in [6.45, 7) is 12.3. The number of para-hydroxylation sites is 2. The smallest absolute Gasteiger partial charge is 0.262 e. The van der Waals surface area contributed by atoms with E-state index in [1.54, 1.807) is 0 Å². The van der Waals surface area contributed by atoms with E-state index in [0.717, 1.165) is 68.0 Å². The second-order valence-corrected chi connectivity index (χ2v) is 18.0. The summed E-state index contributed by atoms with van der Waals surface area (Å²) in [5.41, 5.74) is 18.2. The molecule has 0 fully saturated rings. The van der Waals surface area contributed by atoms with Crippen molar-refractivity contribution < 1.29 is 48.4 Å².